The third-order valence-electron chi connectivity index (χ3n) is 8.35. The maximum atomic E-state index is 13.3. The van der Waals surface area contributed by atoms with Gasteiger partial charge in [0.25, 0.3) is 0 Å². The summed E-state index contributed by atoms with van der Waals surface area (Å²) < 4.78 is 12.0. The van der Waals surface area contributed by atoms with Gasteiger partial charge in [0, 0.05) is 18.8 Å². The molecule has 0 aliphatic heterocycles. The third-order valence-corrected chi connectivity index (χ3v) is 8.35. The van der Waals surface area contributed by atoms with Gasteiger partial charge in [-0.15, -0.1) is 0 Å². The van der Waals surface area contributed by atoms with E-state index in [2.05, 4.69) is 47.6 Å². The predicted octanol–water partition coefficient (Wildman–Crippen LogP) is 8.85. The zero-order valence-electron chi connectivity index (χ0n) is 23.8. The van der Waals surface area contributed by atoms with Crippen molar-refractivity contribution >= 4 is 11.9 Å². The van der Waals surface area contributed by atoms with Crippen LogP contribution in [0.1, 0.15) is 106 Å². The number of benzene rings is 2. The summed E-state index contributed by atoms with van der Waals surface area (Å²) in [6.07, 6.45) is 4.65. The highest BCUT2D eigenvalue weighted by Crippen LogP contribution is 2.44. The average Bonchev–Trinajstić information content (AvgIpc) is 2.90. The van der Waals surface area contributed by atoms with E-state index in [1.165, 1.54) is 5.57 Å². The van der Waals surface area contributed by atoms with E-state index in [1.54, 1.807) is 12.1 Å². The van der Waals surface area contributed by atoms with Gasteiger partial charge in [-0.2, -0.15) is 0 Å². The summed E-state index contributed by atoms with van der Waals surface area (Å²) >= 11 is 0. The maximum absolute atomic E-state index is 13.3. The zero-order chi connectivity index (χ0) is 27.4. The summed E-state index contributed by atoms with van der Waals surface area (Å²) in [5.41, 5.74) is 4.50. The predicted molar refractivity (Wildman–Crippen MR) is 152 cm³/mol. The molecular formula is C34H42O4. The van der Waals surface area contributed by atoms with Crippen molar-refractivity contribution in [3.8, 4) is 0 Å². The van der Waals surface area contributed by atoms with Crippen molar-refractivity contribution in [2.24, 2.45) is 23.7 Å². The van der Waals surface area contributed by atoms with Crippen LogP contribution in [0.15, 0.2) is 77.3 Å². The van der Waals surface area contributed by atoms with E-state index in [9.17, 15) is 9.59 Å². The highest BCUT2D eigenvalue weighted by atomic mass is 16.5. The molecule has 0 aromatic heterocycles. The van der Waals surface area contributed by atoms with E-state index >= 15 is 0 Å². The van der Waals surface area contributed by atoms with Crippen LogP contribution in [-0.2, 0) is 9.47 Å². The first-order valence-corrected chi connectivity index (χ1v) is 14.1. The monoisotopic (exact) mass is 514 g/mol. The highest BCUT2D eigenvalue weighted by molar-refractivity contribution is 5.91. The molecule has 202 valence electrons. The lowest BCUT2D eigenvalue weighted by Crippen LogP contribution is -2.23. The first kappa shape index (κ1) is 27.9. The Bertz CT molecular complexity index is 1220. The lowest BCUT2D eigenvalue weighted by atomic mass is 9.73. The van der Waals surface area contributed by atoms with Crippen molar-refractivity contribution in [2.75, 3.05) is 0 Å². The van der Waals surface area contributed by atoms with Crippen LogP contribution >= 0.6 is 0 Å². The summed E-state index contributed by atoms with van der Waals surface area (Å²) in [6, 6.07) is 17.0. The van der Waals surface area contributed by atoms with Gasteiger partial charge in [-0.05, 0) is 90.8 Å². The first-order valence-electron chi connectivity index (χ1n) is 14.1. The molecule has 0 saturated carbocycles. The fourth-order valence-electron chi connectivity index (χ4n) is 5.78. The van der Waals surface area contributed by atoms with Crippen molar-refractivity contribution < 1.29 is 19.1 Å². The maximum Gasteiger partial charge on any atom is 0.343 e. The van der Waals surface area contributed by atoms with Gasteiger partial charge in [-0.1, -0.05) is 65.0 Å². The highest BCUT2D eigenvalue weighted by Gasteiger charge is 2.32. The van der Waals surface area contributed by atoms with Gasteiger partial charge in [-0.3, -0.25) is 0 Å². The lowest BCUT2D eigenvalue weighted by molar-refractivity contribution is 0.0577. The summed E-state index contributed by atoms with van der Waals surface area (Å²) in [4.78, 5) is 26.2. The van der Waals surface area contributed by atoms with Crippen molar-refractivity contribution in [2.45, 2.75) is 79.6 Å². The quantitative estimate of drug-likeness (QED) is 0.346. The number of ether oxygens (including phenoxy) is 2. The molecule has 2 unspecified atom stereocenters. The summed E-state index contributed by atoms with van der Waals surface area (Å²) in [5.74, 6) is 2.78. The van der Waals surface area contributed by atoms with E-state index in [0.29, 0.717) is 34.8 Å². The van der Waals surface area contributed by atoms with Gasteiger partial charge in [0.2, 0.25) is 0 Å². The number of hydrogen-bond acceptors (Lipinski definition) is 4. The van der Waals surface area contributed by atoms with Crippen LogP contribution in [0.3, 0.4) is 0 Å². The summed E-state index contributed by atoms with van der Waals surface area (Å²) in [7, 11) is 0. The van der Waals surface area contributed by atoms with E-state index in [0.717, 1.165) is 54.8 Å². The molecular weight excluding hydrogens is 472 g/mol. The van der Waals surface area contributed by atoms with Crippen molar-refractivity contribution in [3.63, 3.8) is 0 Å². The molecule has 2 aromatic carbocycles. The molecule has 4 rings (SSSR count). The molecule has 0 saturated heterocycles. The Morgan fingerprint density at radius 3 is 2.18 bits per heavy atom. The van der Waals surface area contributed by atoms with E-state index in [4.69, 9.17) is 9.47 Å². The molecule has 2 aliphatic rings. The molecule has 2 aromatic rings. The van der Waals surface area contributed by atoms with Crippen LogP contribution in [0.2, 0.25) is 0 Å². The molecule has 0 radical (unpaired) electrons. The van der Waals surface area contributed by atoms with E-state index < -0.39 is 0 Å². The molecule has 0 spiro atoms. The molecule has 0 N–H and O–H groups in total. The molecule has 0 fully saturated rings. The van der Waals surface area contributed by atoms with E-state index in [-0.39, 0.29) is 17.9 Å². The van der Waals surface area contributed by atoms with Crippen LogP contribution in [0, 0.1) is 23.7 Å². The Balaban J connectivity index is 1.60. The Labute approximate surface area is 228 Å². The van der Waals surface area contributed by atoms with Crippen molar-refractivity contribution in [1.82, 2.24) is 0 Å². The number of hydrogen-bond donors (Lipinski definition) is 0. The average molecular weight is 515 g/mol. The SMILES string of the molecule is CC1=C(OC(=O)c2ccccc2)CC(C(C)C)CC1c1cccc(C(=O)OC2=C(C(C)C)CC[C@@H](C)C2)c1. The third kappa shape index (κ3) is 6.46. The second-order valence-corrected chi connectivity index (χ2v) is 11.8. The van der Waals surface area contributed by atoms with Gasteiger partial charge in [0.15, 0.2) is 0 Å². The van der Waals surface area contributed by atoms with Gasteiger partial charge in [0.1, 0.15) is 11.5 Å². The standard InChI is InChI=1S/C34H42O4/c1-21(2)28-19-30(24(6)31(20-28)37-33(35)25-11-8-7-9-12-25)26-13-10-14-27(18-26)34(36)38-32-17-23(5)15-16-29(32)22(3)4/h7-14,18,21-23,28,30H,15-17,19-20H2,1-6H3/t23-,28?,30?/m1/s1. The van der Waals surface area contributed by atoms with Crippen molar-refractivity contribution in [3.05, 3.63) is 94.0 Å². The van der Waals surface area contributed by atoms with Gasteiger partial charge >= 0.3 is 11.9 Å². The Morgan fingerprint density at radius 2 is 1.50 bits per heavy atom. The lowest BCUT2D eigenvalue weighted by Gasteiger charge is -2.34. The van der Waals surface area contributed by atoms with Gasteiger partial charge in [-0.25, -0.2) is 9.59 Å². The number of carbonyl (C=O) groups is 2. The summed E-state index contributed by atoms with van der Waals surface area (Å²) in [6.45, 7) is 13.1. The molecule has 4 nitrogen and oxygen atoms in total. The van der Waals surface area contributed by atoms with Crippen LogP contribution < -0.4 is 0 Å². The first-order chi connectivity index (χ1) is 18.1. The minimum absolute atomic E-state index is 0.0719. The van der Waals surface area contributed by atoms with Crippen LogP contribution in [0.4, 0.5) is 0 Å². The van der Waals surface area contributed by atoms with Crippen molar-refractivity contribution in [1.29, 1.82) is 0 Å². The molecule has 0 amide bonds. The van der Waals surface area contributed by atoms with Crippen LogP contribution in [0.5, 0.6) is 0 Å². The Kier molecular flexibility index (Phi) is 8.91. The summed E-state index contributed by atoms with van der Waals surface area (Å²) in [5, 5.41) is 0. The fraction of sp³-hybridized carbons (Fsp3) is 0.471. The molecule has 0 heterocycles. The topological polar surface area (TPSA) is 52.6 Å². The smallest absolute Gasteiger partial charge is 0.343 e. The molecule has 38 heavy (non-hydrogen) atoms. The molecule has 0 bridgehead atoms. The normalized spacial score (nSPS) is 22.2. The number of esters is 2. The molecule has 4 heteroatoms. The van der Waals surface area contributed by atoms with Gasteiger partial charge in [0.05, 0.1) is 11.1 Å². The second-order valence-electron chi connectivity index (χ2n) is 11.8. The number of allylic oxidation sites excluding steroid dienone is 4. The second kappa shape index (κ2) is 12.1. The number of carbonyl (C=O) groups excluding carboxylic acids is 2. The van der Waals surface area contributed by atoms with Gasteiger partial charge < -0.3 is 9.47 Å². The fourth-order valence-corrected chi connectivity index (χ4v) is 5.78. The minimum Gasteiger partial charge on any atom is -0.428 e. The number of rotatable bonds is 7. The zero-order valence-corrected chi connectivity index (χ0v) is 23.8. The molecule has 2 aliphatic carbocycles. The molecule has 3 atom stereocenters. The Morgan fingerprint density at radius 1 is 0.842 bits per heavy atom. The Hall–Kier alpha value is -3.14. The van der Waals surface area contributed by atoms with E-state index in [1.807, 2.05) is 36.4 Å². The van der Waals surface area contributed by atoms with Crippen LogP contribution in [-0.4, -0.2) is 11.9 Å². The van der Waals surface area contributed by atoms with Crippen LogP contribution in [0.25, 0.3) is 0 Å². The largest absolute Gasteiger partial charge is 0.428 e. The minimum atomic E-state index is -0.323.